The smallest absolute Gasteiger partial charge is 0.0300 e. The van der Waals surface area contributed by atoms with E-state index in [1.165, 1.54) is 5.56 Å². The van der Waals surface area contributed by atoms with Crippen molar-refractivity contribution in [2.24, 2.45) is 16.7 Å². The Labute approximate surface area is 105 Å². The van der Waals surface area contributed by atoms with Gasteiger partial charge in [-0.15, -0.1) is 0 Å². The third kappa shape index (κ3) is 1.99. The van der Waals surface area contributed by atoms with Crippen molar-refractivity contribution in [3.05, 3.63) is 30.1 Å². The first kappa shape index (κ1) is 12.6. The van der Waals surface area contributed by atoms with Crippen molar-refractivity contribution in [3.8, 4) is 0 Å². The van der Waals surface area contributed by atoms with Crippen molar-refractivity contribution in [3.63, 3.8) is 0 Å². The van der Waals surface area contributed by atoms with Crippen LogP contribution in [0.2, 0.25) is 0 Å². The largest absolute Gasteiger partial charge is 0.316 e. The summed E-state index contributed by atoms with van der Waals surface area (Å²) in [6, 6.07) is 4.73. The number of aromatic nitrogens is 1. The second-order valence-electron chi connectivity index (χ2n) is 6.38. The lowest BCUT2D eigenvalue weighted by atomic mass is 9.98. The summed E-state index contributed by atoms with van der Waals surface area (Å²) in [6.45, 7) is 9.52. The van der Waals surface area contributed by atoms with Crippen LogP contribution < -0.4 is 5.32 Å². The van der Waals surface area contributed by atoms with Gasteiger partial charge in [0.15, 0.2) is 0 Å². The summed E-state index contributed by atoms with van der Waals surface area (Å²) in [7, 11) is 2.07. The molecule has 0 bridgehead atoms. The van der Waals surface area contributed by atoms with Crippen LogP contribution in [0.1, 0.15) is 33.3 Å². The molecule has 0 spiro atoms. The molecule has 0 amide bonds. The summed E-state index contributed by atoms with van der Waals surface area (Å²) >= 11 is 0. The van der Waals surface area contributed by atoms with E-state index in [1.54, 1.807) is 0 Å². The molecule has 0 aliphatic heterocycles. The molecule has 17 heavy (non-hydrogen) atoms. The van der Waals surface area contributed by atoms with Gasteiger partial charge in [-0.1, -0.05) is 33.8 Å². The Morgan fingerprint density at radius 2 is 1.94 bits per heavy atom. The summed E-state index contributed by atoms with van der Waals surface area (Å²) in [5, 5.41) is 3.50. The van der Waals surface area contributed by atoms with E-state index >= 15 is 0 Å². The van der Waals surface area contributed by atoms with Gasteiger partial charge in [0.25, 0.3) is 0 Å². The number of likely N-dealkylation sites (N-methyl/N-ethyl adjacent to an activating group) is 1. The number of hydrogen-bond acceptors (Lipinski definition) is 2. The fourth-order valence-electron chi connectivity index (χ4n) is 3.41. The maximum atomic E-state index is 4.20. The normalized spacial score (nSPS) is 23.4. The Kier molecular flexibility index (Phi) is 3.03. The molecule has 2 rings (SSSR count). The van der Waals surface area contributed by atoms with E-state index in [2.05, 4.69) is 51.1 Å². The highest BCUT2D eigenvalue weighted by molar-refractivity contribution is 5.19. The Balaban J connectivity index is 2.10. The van der Waals surface area contributed by atoms with Gasteiger partial charge < -0.3 is 5.32 Å². The molecule has 1 fully saturated rings. The molecule has 94 valence electrons. The van der Waals surface area contributed by atoms with E-state index in [1.807, 2.05) is 18.5 Å². The number of hydrogen-bond donors (Lipinski definition) is 1. The third-order valence-electron chi connectivity index (χ3n) is 5.08. The second-order valence-corrected chi connectivity index (χ2v) is 6.38. The van der Waals surface area contributed by atoms with Crippen LogP contribution in [0.3, 0.4) is 0 Å². The van der Waals surface area contributed by atoms with Crippen LogP contribution in [0, 0.1) is 16.7 Å². The Morgan fingerprint density at radius 3 is 2.35 bits per heavy atom. The molecule has 1 atom stereocenters. The lowest BCUT2D eigenvalue weighted by Gasteiger charge is -2.18. The van der Waals surface area contributed by atoms with Crippen molar-refractivity contribution < 1.29 is 0 Å². The number of rotatable bonds is 4. The van der Waals surface area contributed by atoms with Gasteiger partial charge in [-0.25, -0.2) is 0 Å². The van der Waals surface area contributed by atoms with Crippen molar-refractivity contribution >= 4 is 0 Å². The van der Waals surface area contributed by atoms with Crippen LogP contribution in [-0.2, 0) is 6.42 Å². The van der Waals surface area contributed by atoms with E-state index < -0.39 is 0 Å². The topological polar surface area (TPSA) is 24.9 Å². The highest BCUT2D eigenvalue weighted by Gasteiger charge is 2.66. The van der Waals surface area contributed by atoms with Crippen molar-refractivity contribution in [2.45, 2.75) is 40.2 Å². The van der Waals surface area contributed by atoms with E-state index in [0.717, 1.165) is 12.3 Å². The number of nitrogens with zero attached hydrogens (tertiary/aromatic N) is 1. The summed E-state index contributed by atoms with van der Waals surface area (Å²) < 4.78 is 0. The summed E-state index contributed by atoms with van der Waals surface area (Å²) in [5.74, 6) is 0.736. The molecule has 1 N–H and O–H groups in total. The van der Waals surface area contributed by atoms with Gasteiger partial charge >= 0.3 is 0 Å². The van der Waals surface area contributed by atoms with Gasteiger partial charge in [0.1, 0.15) is 0 Å². The fourth-order valence-corrected chi connectivity index (χ4v) is 3.41. The highest BCUT2D eigenvalue weighted by atomic mass is 14.9. The van der Waals surface area contributed by atoms with E-state index in [9.17, 15) is 0 Å². The van der Waals surface area contributed by atoms with Gasteiger partial charge in [-0.2, -0.15) is 0 Å². The van der Waals surface area contributed by atoms with Crippen LogP contribution in [0.25, 0.3) is 0 Å². The maximum absolute atomic E-state index is 4.20. The van der Waals surface area contributed by atoms with Crippen LogP contribution in [0.5, 0.6) is 0 Å². The predicted octanol–water partition coefficient (Wildman–Crippen LogP) is 2.89. The lowest BCUT2D eigenvalue weighted by Crippen LogP contribution is -2.32. The first-order valence-electron chi connectivity index (χ1n) is 6.47. The molecule has 1 heterocycles. The zero-order chi connectivity index (χ0) is 12.7. The molecular formula is C15H24N2. The SMILES string of the molecule is CNC(Cc1cccnc1)C1C(C)(C)C1(C)C. The molecule has 2 heteroatoms. The number of pyridine rings is 1. The average molecular weight is 232 g/mol. The monoisotopic (exact) mass is 232 g/mol. The van der Waals surface area contributed by atoms with Crippen LogP contribution >= 0.6 is 0 Å². The van der Waals surface area contributed by atoms with E-state index in [4.69, 9.17) is 0 Å². The first-order valence-corrected chi connectivity index (χ1v) is 6.47. The van der Waals surface area contributed by atoms with Gasteiger partial charge in [-0.05, 0) is 41.8 Å². The second kappa shape index (κ2) is 4.09. The standard InChI is InChI=1S/C15H24N2/c1-14(2)13(15(14,3)4)12(16-5)9-11-7-6-8-17-10-11/h6-8,10,12-13,16H,9H2,1-5H3. The van der Waals surface area contributed by atoms with Gasteiger partial charge in [0.2, 0.25) is 0 Å². The predicted molar refractivity (Wildman–Crippen MR) is 71.8 cm³/mol. The van der Waals surface area contributed by atoms with Crippen molar-refractivity contribution in [2.75, 3.05) is 7.05 Å². The molecule has 1 saturated carbocycles. The Bertz CT molecular complexity index is 367. The van der Waals surface area contributed by atoms with Gasteiger partial charge in [-0.3, -0.25) is 4.98 Å². The molecule has 1 aliphatic carbocycles. The molecule has 1 aromatic heterocycles. The molecule has 0 saturated heterocycles. The minimum Gasteiger partial charge on any atom is -0.316 e. The quantitative estimate of drug-likeness (QED) is 0.863. The third-order valence-corrected chi connectivity index (χ3v) is 5.08. The van der Waals surface area contributed by atoms with E-state index in [0.29, 0.717) is 16.9 Å². The van der Waals surface area contributed by atoms with Crippen LogP contribution in [0.4, 0.5) is 0 Å². The molecule has 1 aliphatic rings. The highest BCUT2D eigenvalue weighted by Crippen LogP contribution is 2.69. The van der Waals surface area contributed by atoms with Crippen molar-refractivity contribution in [1.29, 1.82) is 0 Å². The summed E-state index contributed by atoms with van der Waals surface area (Å²) in [5.41, 5.74) is 2.19. The Hall–Kier alpha value is -0.890. The van der Waals surface area contributed by atoms with Crippen LogP contribution in [0.15, 0.2) is 24.5 Å². The summed E-state index contributed by atoms with van der Waals surface area (Å²) in [4.78, 5) is 4.20. The first-order chi connectivity index (χ1) is 7.91. The number of nitrogens with one attached hydrogen (secondary N) is 1. The van der Waals surface area contributed by atoms with Gasteiger partial charge in [0, 0.05) is 18.4 Å². The zero-order valence-electron chi connectivity index (χ0n) is 11.6. The van der Waals surface area contributed by atoms with Crippen molar-refractivity contribution in [1.82, 2.24) is 10.3 Å². The molecular weight excluding hydrogens is 208 g/mol. The molecule has 1 unspecified atom stereocenters. The summed E-state index contributed by atoms with van der Waals surface area (Å²) in [6.07, 6.45) is 4.89. The molecule has 0 aromatic carbocycles. The molecule has 2 nitrogen and oxygen atoms in total. The fraction of sp³-hybridized carbons (Fsp3) is 0.667. The minimum atomic E-state index is 0.433. The van der Waals surface area contributed by atoms with Crippen LogP contribution in [-0.4, -0.2) is 18.1 Å². The van der Waals surface area contributed by atoms with E-state index in [-0.39, 0.29) is 0 Å². The average Bonchev–Trinajstić information content (AvgIpc) is 2.68. The minimum absolute atomic E-state index is 0.433. The Morgan fingerprint density at radius 1 is 1.29 bits per heavy atom. The lowest BCUT2D eigenvalue weighted by molar-refractivity contribution is 0.421. The molecule has 0 radical (unpaired) electrons. The maximum Gasteiger partial charge on any atom is 0.0300 e. The molecule has 1 aromatic rings. The zero-order valence-corrected chi connectivity index (χ0v) is 11.6. The van der Waals surface area contributed by atoms with Gasteiger partial charge in [0.05, 0.1) is 0 Å².